The minimum atomic E-state index is -5.16. The second-order valence-corrected chi connectivity index (χ2v) is 11.0. The molecule has 0 bridgehead atoms. The summed E-state index contributed by atoms with van der Waals surface area (Å²) in [7, 11) is 1.52. The molecule has 0 fully saturated rings. The van der Waals surface area contributed by atoms with Crippen LogP contribution >= 0.6 is 0 Å². The van der Waals surface area contributed by atoms with E-state index in [-0.39, 0.29) is 29.0 Å². The normalized spacial score (nSPS) is 13.9. The van der Waals surface area contributed by atoms with Crippen molar-refractivity contribution >= 4 is 46.0 Å². The molecule has 0 unspecified atom stereocenters. The lowest BCUT2D eigenvalue weighted by molar-refractivity contribution is -0.143. The van der Waals surface area contributed by atoms with E-state index in [1.54, 1.807) is 24.3 Å². The molecule has 1 N–H and O–H groups in total. The molecular weight excluding hydrogens is 668 g/mol. The molecule has 2 aromatic heterocycles. The summed E-state index contributed by atoms with van der Waals surface area (Å²) in [4.78, 5) is 32.5. The van der Waals surface area contributed by atoms with Crippen LogP contribution in [0.4, 0.5) is 43.5 Å². The number of hydrazone groups is 1. The molecule has 5 aromatic rings. The van der Waals surface area contributed by atoms with Crippen molar-refractivity contribution < 1.29 is 40.7 Å². The number of hydrogen-bond donors (Lipinski definition) is 1. The van der Waals surface area contributed by atoms with Crippen molar-refractivity contribution in [2.45, 2.75) is 18.9 Å². The highest BCUT2D eigenvalue weighted by atomic mass is 19.4. The molecule has 252 valence electrons. The van der Waals surface area contributed by atoms with Gasteiger partial charge >= 0.3 is 12.4 Å². The molecule has 0 aliphatic carbocycles. The number of benzene rings is 3. The van der Waals surface area contributed by atoms with Gasteiger partial charge in [0.1, 0.15) is 11.6 Å². The molecule has 0 radical (unpaired) electrons. The second-order valence-electron chi connectivity index (χ2n) is 11.0. The van der Waals surface area contributed by atoms with Crippen molar-refractivity contribution in [2.24, 2.45) is 5.10 Å². The highest BCUT2D eigenvalue weighted by molar-refractivity contribution is 6.25. The molecule has 16 heteroatoms. The van der Waals surface area contributed by atoms with Crippen LogP contribution in [0.2, 0.25) is 0 Å². The molecule has 2 aliphatic heterocycles. The molecule has 0 saturated carbocycles. The Morgan fingerprint density at radius 3 is 2.42 bits per heavy atom. The number of carbonyl (C=O) groups is 2. The maximum atomic E-state index is 14.7. The van der Waals surface area contributed by atoms with Gasteiger partial charge in [0.2, 0.25) is 0 Å². The highest BCUT2D eigenvalue weighted by Crippen LogP contribution is 2.42. The number of methoxy groups -OCH3 is 1. The Kier molecular flexibility index (Phi) is 7.67. The molecule has 3 aromatic carbocycles. The second kappa shape index (κ2) is 11.9. The molecule has 0 saturated heterocycles. The monoisotopic (exact) mass is 689 g/mol. The van der Waals surface area contributed by atoms with Gasteiger partial charge in [0.15, 0.2) is 5.69 Å². The predicted molar refractivity (Wildman–Crippen MR) is 170 cm³/mol. The quantitative estimate of drug-likeness (QED) is 0.142. The number of pyridine rings is 1. The Morgan fingerprint density at radius 1 is 0.960 bits per heavy atom. The Labute approximate surface area is 278 Å². The number of nitrogens with zero attached hydrogens (tertiary/aromatic N) is 6. The number of ether oxygens (including phenoxy) is 1. The third-order valence-electron chi connectivity index (χ3n) is 7.98. The fraction of sp³-hybridized carbons (Fsp3) is 0.118. The van der Waals surface area contributed by atoms with Crippen LogP contribution in [-0.2, 0) is 18.9 Å². The van der Waals surface area contributed by atoms with E-state index < -0.39 is 52.4 Å². The number of carbonyl (C=O) groups excluding carboxylic acids is 2. The van der Waals surface area contributed by atoms with Crippen LogP contribution in [0, 0.1) is 0 Å². The van der Waals surface area contributed by atoms with Gasteiger partial charge in [-0.15, -0.1) is 0 Å². The first-order chi connectivity index (χ1) is 23.8. The number of alkyl halides is 6. The Morgan fingerprint density at radius 2 is 1.74 bits per heavy atom. The van der Waals surface area contributed by atoms with Crippen molar-refractivity contribution in [1.82, 2.24) is 14.8 Å². The van der Waals surface area contributed by atoms with Gasteiger partial charge in [0, 0.05) is 22.5 Å². The van der Waals surface area contributed by atoms with Crippen molar-refractivity contribution in [1.29, 1.82) is 0 Å². The van der Waals surface area contributed by atoms with E-state index in [9.17, 15) is 35.9 Å². The minimum Gasteiger partial charge on any atom is -0.497 e. The Bertz CT molecular complexity index is 2290. The highest BCUT2D eigenvalue weighted by Gasteiger charge is 2.42. The topological polar surface area (TPSA) is 105 Å². The summed E-state index contributed by atoms with van der Waals surface area (Å²) in [5.74, 6) is -0.927. The summed E-state index contributed by atoms with van der Waals surface area (Å²) < 4.78 is 91.7. The van der Waals surface area contributed by atoms with E-state index in [0.29, 0.717) is 28.1 Å². The number of halogens is 6. The number of aromatic nitrogens is 3. The van der Waals surface area contributed by atoms with Gasteiger partial charge in [-0.25, -0.2) is 14.7 Å². The van der Waals surface area contributed by atoms with Gasteiger partial charge in [-0.2, -0.15) is 36.5 Å². The number of nitrogens with one attached hydrogen (secondary N) is 1. The molecule has 2 amide bonds. The molecule has 4 heterocycles. The SMILES string of the molecule is COc1ccc(CN2C(=O)c3cccc4c(-n5ncc(C(=O)Nc6ccc(N7C=C=CC=N7)c(C(F)(F)F)c6)c5C(F)(F)F)cnc2c34)cc1. The molecule has 50 heavy (non-hydrogen) atoms. The van der Waals surface area contributed by atoms with E-state index >= 15 is 0 Å². The first kappa shape index (κ1) is 32.2. The molecule has 0 atom stereocenters. The Hall–Kier alpha value is -6.41. The number of anilines is 3. The van der Waals surface area contributed by atoms with Crippen LogP contribution in [0.3, 0.4) is 0 Å². The number of amides is 2. The van der Waals surface area contributed by atoms with Crippen molar-refractivity contribution in [3.8, 4) is 11.4 Å². The van der Waals surface area contributed by atoms with E-state index in [4.69, 9.17) is 4.74 Å². The number of allylic oxidation sites excluding steroid dienone is 1. The number of hydrogen-bond acceptors (Lipinski definition) is 7. The van der Waals surface area contributed by atoms with Crippen LogP contribution in [0.1, 0.15) is 37.5 Å². The standard InChI is InChI=1S/C34H21F6N7O3/c1-50-21-10-7-19(8-11-21)18-45-30-28-22(5-4-6-23(28)32(45)49)27(17-41-30)47-29(34(38,39)40)24(16-43-47)31(48)44-20-9-12-26(25(15-20)33(35,36)37)46-14-3-2-13-42-46/h2,4-17H,18H2,1H3,(H,44,48). The maximum Gasteiger partial charge on any atom is 0.434 e. The average molecular weight is 690 g/mol. The minimum absolute atomic E-state index is 0.120. The zero-order chi connectivity index (χ0) is 35.4. The summed E-state index contributed by atoms with van der Waals surface area (Å²) in [6, 6.07) is 14.2. The Balaban J connectivity index is 1.25. The summed E-state index contributed by atoms with van der Waals surface area (Å²) in [6.45, 7) is 0.120. The molecule has 0 spiro atoms. The van der Waals surface area contributed by atoms with E-state index in [1.807, 2.05) is 0 Å². The smallest absolute Gasteiger partial charge is 0.434 e. The van der Waals surface area contributed by atoms with Crippen molar-refractivity contribution in [2.75, 3.05) is 22.3 Å². The molecular formula is C34H21F6N7O3. The lowest BCUT2D eigenvalue weighted by atomic mass is 10.1. The first-order valence-corrected chi connectivity index (χ1v) is 14.6. The van der Waals surface area contributed by atoms with E-state index in [0.717, 1.165) is 35.1 Å². The van der Waals surface area contributed by atoms with Crippen molar-refractivity contribution in [3.63, 3.8) is 0 Å². The largest absolute Gasteiger partial charge is 0.497 e. The number of rotatable bonds is 7. The predicted octanol–water partition coefficient (Wildman–Crippen LogP) is 7.35. The maximum absolute atomic E-state index is 14.7. The summed E-state index contributed by atoms with van der Waals surface area (Å²) >= 11 is 0. The lowest BCUT2D eigenvalue weighted by Gasteiger charge is -2.21. The van der Waals surface area contributed by atoms with Crippen LogP contribution in [-0.4, -0.2) is 39.9 Å². The zero-order valence-electron chi connectivity index (χ0n) is 25.5. The molecule has 2 aliphatic rings. The lowest BCUT2D eigenvalue weighted by Crippen LogP contribution is -2.26. The molecule has 7 rings (SSSR count). The van der Waals surface area contributed by atoms with Gasteiger partial charge in [-0.1, -0.05) is 30.0 Å². The van der Waals surface area contributed by atoms with Gasteiger partial charge in [-0.05, 0) is 42.0 Å². The fourth-order valence-electron chi connectivity index (χ4n) is 5.75. The van der Waals surface area contributed by atoms with Crippen LogP contribution in [0.25, 0.3) is 16.5 Å². The average Bonchev–Trinajstić information content (AvgIpc) is 3.67. The van der Waals surface area contributed by atoms with Crippen LogP contribution in [0.5, 0.6) is 5.75 Å². The zero-order valence-corrected chi connectivity index (χ0v) is 25.5. The fourth-order valence-corrected chi connectivity index (χ4v) is 5.75. The third kappa shape index (κ3) is 5.60. The van der Waals surface area contributed by atoms with E-state index in [2.05, 4.69) is 26.2 Å². The van der Waals surface area contributed by atoms with Crippen LogP contribution < -0.4 is 20.0 Å². The summed E-state index contributed by atoms with van der Waals surface area (Å²) in [5.41, 5.74) is -1.08. The summed E-state index contributed by atoms with van der Waals surface area (Å²) in [5, 5.41) is 11.2. The van der Waals surface area contributed by atoms with Gasteiger partial charge in [0.05, 0.1) is 66.5 Å². The first-order valence-electron chi connectivity index (χ1n) is 14.6. The van der Waals surface area contributed by atoms with Crippen molar-refractivity contribution in [3.05, 3.63) is 119 Å². The van der Waals surface area contributed by atoms with Gasteiger partial charge in [-0.3, -0.25) is 14.5 Å². The molecule has 10 nitrogen and oxygen atoms in total. The van der Waals surface area contributed by atoms with E-state index in [1.165, 1.54) is 42.5 Å². The van der Waals surface area contributed by atoms with Crippen LogP contribution in [0.15, 0.2) is 96.2 Å². The summed E-state index contributed by atoms with van der Waals surface area (Å²) in [6.07, 6.45) is -4.51. The van der Waals surface area contributed by atoms with Gasteiger partial charge < -0.3 is 10.1 Å². The van der Waals surface area contributed by atoms with Gasteiger partial charge in [0.25, 0.3) is 11.8 Å². The third-order valence-corrected chi connectivity index (χ3v) is 7.98.